The highest BCUT2D eigenvalue weighted by Gasteiger charge is 2.55. The van der Waals surface area contributed by atoms with Crippen LogP contribution in [-0.2, 0) is 49.5 Å². The zero-order chi connectivity index (χ0) is 41.9. The van der Waals surface area contributed by atoms with Crippen LogP contribution in [0.25, 0.3) is 11.1 Å². The van der Waals surface area contributed by atoms with Crippen molar-refractivity contribution in [3.63, 3.8) is 0 Å². The van der Waals surface area contributed by atoms with Crippen molar-refractivity contribution in [2.75, 3.05) is 27.3 Å². The van der Waals surface area contributed by atoms with Crippen LogP contribution in [0.1, 0.15) is 79.7 Å². The molecule has 1 aromatic heterocycles. The van der Waals surface area contributed by atoms with Crippen molar-refractivity contribution in [2.24, 2.45) is 33.6 Å². The summed E-state index contributed by atoms with van der Waals surface area (Å²) in [5.41, 5.74) is 7.38. The Labute approximate surface area is 346 Å². The Morgan fingerprint density at radius 1 is 1.07 bits per heavy atom. The van der Waals surface area contributed by atoms with Gasteiger partial charge in [0, 0.05) is 24.3 Å². The summed E-state index contributed by atoms with van der Waals surface area (Å²) in [5.74, 6) is -2.63. The number of oxime groups is 1. The molecule has 3 saturated heterocycles. The average Bonchev–Trinajstić information content (AvgIpc) is 3.85. The van der Waals surface area contributed by atoms with E-state index in [1.54, 1.807) is 25.2 Å². The monoisotopic (exact) mass is 826 g/mol. The normalized spacial score (nSPS) is 38.5. The summed E-state index contributed by atoms with van der Waals surface area (Å²) in [7, 11) is 3.83. The van der Waals surface area contributed by atoms with Gasteiger partial charge in [-0.25, -0.2) is 4.99 Å². The van der Waals surface area contributed by atoms with E-state index in [0.29, 0.717) is 18.6 Å². The minimum atomic E-state index is -1.19. The summed E-state index contributed by atoms with van der Waals surface area (Å²) in [6.45, 7) is 13.1. The van der Waals surface area contributed by atoms with Crippen LogP contribution in [0.2, 0.25) is 0 Å². The summed E-state index contributed by atoms with van der Waals surface area (Å²) in [6.07, 6.45) is -3.27. The van der Waals surface area contributed by atoms with Gasteiger partial charge < -0.3 is 49.0 Å². The molecule has 4 aliphatic rings. The highest BCUT2D eigenvalue weighted by atomic mass is 32.1. The largest absolute Gasteiger partial charge is 0.458 e. The molecule has 3 unspecified atom stereocenters. The fourth-order valence-electron chi connectivity index (χ4n) is 8.95. The molecule has 4 aliphatic heterocycles. The Balaban J connectivity index is 1.36. The van der Waals surface area contributed by atoms with E-state index in [1.165, 1.54) is 0 Å². The van der Waals surface area contributed by atoms with Gasteiger partial charge in [-0.2, -0.15) is 11.3 Å². The Kier molecular flexibility index (Phi) is 14.0. The van der Waals surface area contributed by atoms with Crippen LogP contribution in [0.4, 0.5) is 0 Å². The maximum absolute atomic E-state index is 14.5. The molecule has 3 fully saturated rings. The van der Waals surface area contributed by atoms with E-state index in [1.807, 2.05) is 71.1 Å². The first kappa shape index (κ1) is 44.1. The van der Waals surface area contributed by atoms with Crippen LogP contribution in [0.5, 0.6) is 0 Å². The molecular formula is C43H62N4O10S. The third kappa shape index (κ3) is 9.61. The molecule has 3 N–H and O–H groups in total. The van der Waals surface area contributed by atoms with Crippen molar-refractivity contribution in [3.05, 3.63) is 46.7 Å². The Morgan fingerprint density at radius 2 is 1.84 bits per heavy atom. The van der Waals surface area contributed by atoms with Gasteiger partial charge in [-0.1, -0.05) is 44.1 Å². The second kappa shape index (κ2) is 18.4. The van der Waals surface area contributed by atoms with Crippen molar-refractivity contribution in [1.29, 1.82) is 0 Å². The first-order valence-electron chi connectivity index (χ1n) is 20.5. The van der Waals surface area contributed by atoms with E-state index in [-0.39, 0.29) is 56.6 Å². The van der Waals surface area contributed by atoms with Gasteiger partial charge in [-0.05, 0) is 101 Å². The first-order chi connectivity index (χ1) is 27.5. The van der Waals surface area contributed by atoms with E-state index in [0.717, 1.165) is 16.7 Å². The summed E-state index contributed by atoms with van der Waals surface area (Å²) in [4.78, 5) is 41.2. The molecule has 2 aromatic rings. The zero-order valence-electron chi connectivity index (χ0n) is 35.3. The molecule has 1 aromatic carbocycles. The standard InChI is InChI=1S/C43H62N4O10S/c1-10-34-43(7)38(45-41(44)57-43)27(5)36(48)24(2)19-42(6)35(56-40-37(49)32(47(8)9)16-25(3)54-40)18-33(26(4)39(50)55-34)51-21-31(22-52-42)46-53-20-28-12-11-13-29(17-28)30-14-15-58-23-30/h11-15,17,23-27,32-35,37-38,40,49H,10,16,18-22H2,1-9H3,(H2,44,45)/b46-31+/t24-,25-,26-,27+,32+,33-,34-,35-,37-,38?,40?,42+,43?/m1/s1. The second-order valence-electron chi connectivity index (χ2n) is 17.1. The van der Waals surface area contributed by atoms with Crippen LogP contribution in [-0.4, -0.2) is 121 Å². The predicted octanol–water partition coefficient (Wildman–Crippen LogP) is 5.34. The number of nitrogens with zero attached hydrogens (tertiary/aromatic N) is 3. The van der Waals surface area contributed by atoms with E-state index >= 15 is 0 Å². The minimum absolute atomic E-state index is 0.0156. The van der Waals surface area contributed by atoms with E-state index in [2.05, 4.69) is 33.7 Å². The molecule has 0 radical (unpaired) electrons. The van der Waals surface area contributed by atoms with E-state index < -0.39 is 71.7 Å². The van der Waals surface area contributed by atoms with Gasteiger partial charge in [-0.15, -0.1) is 0 Å². The Hall–Kier alpha value is -3.44. The lowest BCUT2D eigenvalue weighted by atomic mass is 9.75. The lowest BCUT2D eigenvalue weighted by molar-refractivity contribution is -0.294. The number of likely N-dealkylation sites (N-methyl/N-ethyl adjacent to an activating group) is 1. The van der Waals surface area contributed by atoms with Crippen molar-refractivity contribution in [2.45, 2.75) is 141 Å². The highest BCUT2D eigenvalue weighted by Crippen LogP contribution is 2.41. The van der Waals surface area contributed by atoms with Crippen LogP contribution >= 0.6 is 11.3 Å². The molecule has 0 aliphatic carbocycles. The van der Waals surface area contributed by atoms with E-state index in [4.69, 9.17) is 39.0 Å². The number of carbonyl (C=O) groups excluding carboxylic acids is 2. The van der Waals surface area contributed by atoms with Crippen molar-refractivity contribution < 1.29 is 48.0 Å². The van der Waals surface area contributed by atoms with Gasteiger partial charge in [-0.3, -0.25) is 9.59 Å². The maximum atomic E-state index is 14.5. The molecule has 320 valence electrons. The van der Waals surface area contributed by atoms with Gasteiger partial charge in [0.15, 0.2) is 11.9 Å². The molecule has 13 atom stereocenters. The number of hydrogen-bond donors (Lipinski definition) is 2. The summed E-state index contributed by atoms with van der Waals surface area (Å²) in [5, 5.41) is 20.3. The van der Waals surface area contributed by atoms with Gasteiger partial charge in [0.05, 0.1) is 43.0 Å². The number of aliphatic hydroxyl groups excluding tert-OH is 1. The number of cyclic esters (lactones) is 1. The number of aliphatic imine (C=N–C) groups is 1. The average molecular weight is 827 g/mol. The van der Waals surface area contributed by atoms with Crippen molar-refractivity contribution in [1.82, 2.24) is 4.90 Å². The summed E-state index contributed by atoms with van der Waals surface area (Å²) in [6, 6.07) is 9.17. The van der Waals surface area contributed by atoms with Crippen molar-refractivity contribution >= 4 is 34.8 Å². The number of ether oxygens (including phenoxy) is 6. The molecule has 14 nitrogen and oxygen atoms in total. The number of nitrogens with two attached hydrogens (primary N) is 1. The molecular weight excluding hydrogens is 765 g/mol. The van der Waals surface area contributed by atoms with Gasteiger partial charge in [0.2, 0.25) is 0 Å². The number of rotatable bonds is 8. The zero-order valence-corrected chi connectivity index (χ0v) is 36.1. The number of Topliss-reactive ketones (excluding diaryl/α,β-unsaturated/α-hetero) is 1. The Morgan fingerprint density at radius 3 is 2.55 bits per heavy atom. The predicted molar refractivity (Wildman–Crippen MR) is 220 cm³/mol. The quantitative estimate of drug-likeness (QED) is 0.259. The maximum Gasteiger partial charge on any atom is 0.311 e. The molecule has 58 heavy (non-hydrogen) atoms. The molecule has 0 saturated carbocycles. The summed E-state index contributed by atoms with van der Waals surface area (Å²) >= 11 is 1.64. The third-order valence-electron chi connectivity index (χ3n) is 12.4. The molecule has 15 heteroatoms. The second-order valence-corrected chi connectivity index (χ2v) is 17.9. The lowest BCUT2D eigenvalue weighted by Gasteiger charge is -2.46. The Bertz CT molecular complexity index is 1790. The van der Waals surface area contributed by atoms with Crippen molar-refractivity contribution in [3.8, 4) is 11.1 Å². The van der Waals surface area contributed by atoms with Crippen LogP contribution in [0.15, 0.2) is 51.2 Å². The molecule has 0 spiro atoms. The molecule has 5 heterocycles. The molecule has 6 rings (SSSR count). The lowest BCUT2D eigenvalue weighted by Crippen LogP contribution is -2.58. The van der Waals surface area contributed by atoms with Crippen LogP contribution < -0.4 is 5.73 Å². The number of esters is 1. The number of hydrogen-bond acceptors (Lipinski definition) is 15. The van der Waals surface area contributed by atoms with E-state index in [9.17, 15) is 14.7 Å². The third-order valence-corrected chi connectivity index (χ3v) is 13.1. The number of ketones is 1. The number of benzene rings is 1. The number of fused-ring (bicyclic) bond motifs is 4. The van der Waals surface area contributed by atoms with Crippen LogP contribution in [0.3, 0.4) is 0 Å². The smallest absolute Gasteiger partial charge is 0.311 e. The fraction of sp³-hybridized carbons (Fsp3) is 0.674. The highest BCUT2D eigenvalue weighted by molar-refractivity contribution is 7.08. The number of thiophene rings is 1. The first-order valence-corrected chi connectivity index (χ1v) is 21.4. The van der Waals surface area contributed by atoms with Gasteiger partial charge in [0.1, 0.15) is 36.4 Å². The molecule has 2 bridgehead atoms. The number of amidine groups is 1. The summed E-state index contributed by atoms with van der Waals surface area (Å²) < 4.78 is 38.9. The molecule has 0 amide bonds. The minimum Gasteiger partial charge on any atom is -0.458 e. The number of aliphatic hydroxyl groups is 1. The van der Waals surface area contributed by atoms with Crippen LogP contribution in [0, 0.1) is 17.8 Å². The van der Waals surface area contributed by atoms with Gasteiger partial charge >= 0.3 is 5.97 Å². The van der Waals surface area contributed by atoms with Gasteiger partial charge in [0.25, 0.3) is 6.02 Å². The number of carbonyl (C=O) groups is 2. The topological polar surface area (TPSA) is 173 Å². The SMILES string of the molecule is CC[C@H]1OC(=O)[C@H](C)[C@H]2C[C@@H](OC3O[C@H](C)C[C@H](N(C)C)[C@H]3O)[C@](C)(C[C@@H](C)C(=O)[C@H](C)C3N=C(N)OC31C)OC/C(=N/OCc1cccc(-c3ccsc3)c1)CO2. The fourth-order valence-corrected chi connectivity index (χ4v) is 9.61.